The van der Waals surface area contributed by atoms with Crippen molar-refractivity contribution in [1.29, 1.82) is 0 Å². The van der Waals surface area contributed by atoms with Crippen LogP contribution < -0.4 is 9.47 Å². The van der Waals surface area contributed by atoms with Crippen LogP contribution in [0.25, 0.3) is 33.5 Å². The average molecular weight is 548 g/mol. The second-order valence-corrected chi connectivity index (χ2v) is 10.9. The predicted octanol–water partition coefficient (Wildman–Crippen LogP) is 6.59. The number of aromatic nitrogens is 3. The highest BCUT2D eigenvalue weighted by molar-refractivity contribution is 7.90. The molecule has 8 heteroatoms. The van der Waals surface area contributed by atoms with Crippen molar-refractivity contribution in [3.63, 3.8) is 0 Å². The molecule has 7 nitrogen and oxygen atoms in total. The molecular formula is C32H25N3O4S. The molecule has 0 radical (unpaired) electrons. The Balaban J connectivity index is 1.47. The van der Waals surface area contributed by atoms with Crippen LogP contribution in [-0.4, -0.2) is 29.5 Å². The van der Waals surface area contributed by atoms with Crippen LogP contribution in [0, 0.1) is 0 Å². The normalized spacial score (nSPS) is 11.4. The molecule has 0 saturated heterocycles. The van der Waals surface area contributed by atoms with Gasteiger partial charge in [0.1, 0.15) is 23.8 Å². The Hall–Kier alpha value is -4.95. The number of hydrogen-bond acceptors (Lipinski definition) is 6. The number of nitrogens with zero attached hydrogens (tertiary/aromatic N) is 3. The van der Waals surface area contributed by atoms with Gasteiger partial charge in [-0.2, -0.15) is 0 Å². The highest BCUT2D eigenvalue weighted by atomic mass is 32.2. The summed E-state index contributed by atoms with van der Waals surface area (Å²) in [7, 11) is -2.35. The van der Waals surface area contributed by atoms with Crippen molar-refractivity contribution in [1.82, 2.24) is 13.9 Å². The summed E-state index contributed by atoms with van der Waals surface area (Å²) in [4.78, 5) is 9.39. The Kier molecular flexibility index (Phi) is 6.76. The first-order chi connectivity index (χ1) is 19.5. The van der Waals surface area contributed by atoms with E-state index < -0.39 is 10.0 Å². The lowest BCUT2D eigenvalue weighted by atomic mass is 10.1. The van der Waals surface area contributed by atoms with Gasteiger partial charge in [-0.25, -0.2) is 17.4 Å². The van der Waals surface area contributed by atoms with E-state index in [0.29, 0.717) is 40.3 Å². The number of methoxy groups -OCH3 is 1. The molecule has 0 atom stereocenters. The number of ether oxygens (including phenoxy) is 2. The van der Waals surface area contributed by atoms with Crippen molar-refractivity contribution in [3.8, 4) is 34.1 Å². The minimum Gasteiger partial charge on any atom is -0.497 e. The monoisotopic (exact) mass is 547 g/mol. The quantitative estimate of drug-likeness (QED) is 0.214. The van der Waals surface area contributed by atoms with Gasteiger partial charge in [0.05, 0.1) is 41.3 Å². The van der Waals surface area contributed by atoms with Crippen molar-refractivity contribution >= 4 is 20.9 Å². The first-order valence-electron chi connectivity index (χ1n) is 12.6. The van der Waals surface area contributed by atoms with Crippen LogP contribution in [0.2, 0.25) is 0 Å². The van der Waals surface area contributed by atoms with Crippen molar-refractivity contribution in [3.05, 3.63) is 127 Å². The zero-order valence-corrected chi connectivity index (χ0v) is 22.5. The van der Waals surface area contributed by atoms with E-state index in [9.17, 15) is 8.42 Å². The van der Waals surface area contributed by atoms with Crippen molar-refractivity contribution in [2.45, 2.75) is 11.5 Å². The zero-order valence-electron chi connectivity index (χ0n) is 21.6. The van der Waals surface area contributed by atoms with E-state index in [1.807, 2.05) is 66.7 Å². The van der Waals surface area contributed by atoms with Gasteiger partial charge in [-0.05, 0) is 66.2 Å². The molecule has 0 aliphatic rings. The molecule has 0 spiro atoms. The van der Waals surface area contributed by atoms with Gasteiger partial charge in [-0.1, -0.05) is 48.5 Å². The van der Waals surface area contributed by atoms with E-state index in [4.69, 9.17) is 14.5 Å². The number of fused-ring (bicyclic) bond motifs is 1. The fourth-order valence-electron chi connectivity index (χ4n) is 4.52. The Morgan fingerprint density at radius 2 is 1.43 bits per heavy atom. The molecule has 6 rings (SSSR count). The zero-order chi connectivity index (χ0) is 27.5. The Morgan fingerprint density at radius 1 is 0.750 bits per heavy atom. The van der Waals surface area contributed by atoms with Crippen molar-refractivity contribution < 1.29 is 17.9 Å². The minimum atomic E-state index is -3.96. The third-order valence-electron chi connectivity index (χ3n) is 6.54. The van der Waals surface area contributed by atoms with Gasteiger partial charge in [-0.3, -0.25) is 4.98 Å². The molecule has 0 fully saturated rings. The molecule has 40 heavy (non-hydrogen) atoms. The Labute approximate surface area is 232 Å². The van der Waals surface area contributed by atoms with Crippen LogP contribution in [0.4, 0.5) is 0 Å². The van der Waals surface area contributed by atoms with E-state index in [1.54, 1.807) is 62.0 Å². The maximum Gasteiger partial charge on any atom is 0.268 e. The summed E-state index contributed by atoms with van der Waals surface area (Å²) in [6, 6.07) is 32.9. The largest absolute Gasteiger partial charge is 0.497 e. The van der Waals surface area contributed by atoms with Crippen molar-refractivity contribution in [2.24, 2.45) is 0 Å². The van der Waals surface area contributed by atoms with E-state index >= 15 is 0 Å². The number of rotatable bonds is 8. The third kappa shape index (κ3) is 4.92. The topological polar surface area (TPSA) is 83.3 Å². The van der Waals surface area contributed by atoms with Gasteiger partial charge in [-0.15, -0.1) is 0 Å². The smallest absolute Gasteiger partial charge is 0.268 e. The van der Waals surface area contributed by atoms with E-state index in [-0.39, 0.29) is 4.90 Å². The number of benzene rings is 4. The number of hydrogen-bond donors (Lipinski definition) is 0. The van der Waals surface area contributed by atoms with Crippen LogP contribution in [0.3, 0.4) is 0 Å². The molecule has 2 heterocycles. The lowest BCUT2D eigenvalue weighted by molar-refractivity contribution is 0.306. The van der Waals surface area contributed by atoms with Crippen LogP contribution >= 0.6 is 0 Å². The lowest BCUT2D eigenvalue weighted by Crippen LogP contribution is -2.14. The van der Waals surface area contributed by atoms with Gasteiger partial charge >= 0.3 is 0 Å². The Morgan fingerprint density at radius 3 is 2.15 bits per heavy atom. The van der Waals surface area contributed by atoms with Crippen LogP contribution in [0.1, 0.15) is 5.56 Å². The molecule has 0 saturated carbocycles. The van der Waals surface area contributed by atoms with E-state index in [2.05, 4.69) is 4.98 Å². The molecule has 0 amide bonds. The molecule has 198 valence electrons. The standard InChI is InChI=1S/C32H25N3O4S/c1-38-26-14-12-24(13-15-26)29-20-33-21-30(34-29)32-19-25-18-27(39-22-23-8-4-2-5-9-23)16-17-31(25)35(32)40(36,37)28-10-6-3-7-11-28/h2-21H,22H2,1H3. The summed E-state index contributed by atoms with van der Waals surface area (Å²) in [5.41, 5.74) is 3.83. The maximum absolute atomic E-state index is 14.0. The second-order valence-electron chi connectivity index (χ2n) is 9.13. The minimum absolute atomic E-state index is 0.178. The molecule has 0 aliphatic carbocycles. The van der Waals surface area contributed by atoms with Crippen molar-refractivity contribution in [2.75, 3.05) is 7.11 Å². The fourth-order valence-corrected chi connectivity index (χ4v) is 6.07. The molecular weight excluding hydrogens is 522 g/mol. The lowest BCUT2D eigenvalue weighted by Gasteiger charge is -2.13. The fraction of sp³-hybridized carbons (Fsp3) is 0.0625. The van der Waals surface area contributed by atoms with E-state index in [1.165, 1.54) is 3.97 Å². The second kappa shape index (κ2) is 10.7. The van der Waals surface area contributed by atoms with Crippen LogP contribution in [0.15, 0.2) is 126 Å². The third-order valence-corrected chi connectivity index (χ3v) is 8.28. The van der Waals surface area contributed by atoms with Gasteiger partial charge in [0, 0.05) is 10.9 Å². The molecule has 4 aromatic carbocycles. The van der Waals surface area contributed by atoms with Gasteiger partial charge in [0.2, 0.25) is 0 Å². The first kappa shape index (κ1) is 25.3. The summed E-state index contributed by atoms with van der Waals surface area (Å²) < 4.78 is 40.6. The summed E-state index contributed by atoms with van der Waals surface area (Å²) in [5, 5.41) is 0.705. The summed E-state index contributed by atoms with van der Waals surface area (Å²) >= 11 is 0. The summed E-state index contributed by atoms with van der Waals surface area (Å²) in [6.07, 6.45) is 3.23. The molecule has 0 aliphatic heterocycles. The predicted molar refractivity (Wildman–Crippen MR) is 155 cm³/mol. The van der Waals surface area contributed by atoms with Gasteiger partial charge in [0.25, 0.3) is 10.0 Å². The molecule has 6 aromatic rings. The van der Waals surface area contributed by atoms with Gasteiger partial charge in [0.15, 0.2) is 0 Å². The highest BCUT2D eigenvalue weighted by Crippen LogP contribution is 2.34. The van der Waals surface area contributed by atoms with Gasteiger partial charge < -0.3 is 9.47 Å². The maximum atomic E-state index is 14.0. The Bertz CT molecular complexity index is 1890. The van der Waals surface area contributed by atoms with E-state index in [0.717, 1.165) is 16.9 Å². The average Bonchev–Trinajstić information content (AvgIpc) is 3.41. The molecule has 0 bridgehead atoms. The van der Waals surface area contributed by atoms with Crippen LogP contribution in [-0.2, 0) is 16.6 Å². The highest BCUT2D eigenvalue weighted by Gasteiger charge is 2.25. The molecule has 0 N–H and O–H groups in total. The molecule has 2 aromatic heterocycles. The SMILES string of the molecule is COc1ccc(-c2cncc(-c3cc4cc(OCc5ccccc5)ccc4n3S(=O)(=O)c3ccccc3)n2)cc1. The summed E-state index contributed by atoms with van der Waals surface area (Å²) in [5.74, 6) is 1.36. The first-order valence-corrected chi connectivity index (χ1v) is 14.1. The summed E-state index contributed by atoms with van der Waals surface area (Å²) in [6.45, 7) is 0.400. The molecule has 0 unspecified atom stereocenters. The van der Waals surface area contributed by atoms with Crippen LogP contribution in [0.5, 0.6) is 11.5 Å².